The van der Waals surface area contributed by atoms with Gasteiger partial charge in [-0.25, -0.2) is 15.1 Å². The third kappa shape index (κ3) is 9.09. The Balaban J connectivity index is 3.95. The SMILES string of the molecule is CC(C)OC(=O)/N=N/C(=O)OC(C)CCN=N. The highest BCUT2D eigenvalue weighted by Gasteiger charge is 2.09. The van der Waals surface area contributed by atoms with Crippen molar-refractivity contribution in [3.8, 4) is 0 Å². The third-order valence-corrected chi connectivity index (χ3v) is 1.50. The number of nitrogens with zero attached hydrogens (tertiary/aromatic N) is 3. The van der Waals surface area contributed by atoms with E-state index in [4.69, 9.17) is 10.3 Å². The molecule has 8 nitrogen and oxygen atoms in total. The zero-order chi connectivity index (χ0) is 13.3. The summed E-state index contributed by atoms with van der Waals surface area (Å²) in [6, 6.07) is 0. The van der Waals surface area contributed by atoms with E-state index in [0.29, 0.717) is 6.42 Å². The summed E-state index contributed by atoms with van der Waals surface area (Å²) in [7, 11) is 0. The molecule has 8 heteroatoms. The molecular weight excluding hydrogens is 228 g/mol. The van der Waals surface area contributed by atoms with Crippen molar-refractivity contribution in [2.24, 2.45) is 15.3 Å². The van der Waals surface area contributed by atoms with E-state index in [1.54, 1.807) is 20.8 Å². The fraction of sp³-hybridized carbons (Fsp3) is 0.778. The second-order valence-electron chi connectivity index (χ2n) is 3.50. The molecule has 0 fully saturated rings. The van der Waals surface area contributed by atoms with E-state index in [1.165, 1.54) is 0 Å². The van der Waals surface area contributed by atoms with Crippen LogP contribution in [0.4, 0.5) is 9.59 Å². The molecule has 96 valence electrons. The minimum absolute atomic E-state index is 0.265. The molecule has 1 unspecified atom stereocenters. The lowest BCUT2D eigenvalue weighted by Gasteiger charge is -2.08. The summed E-state index contributed by atoms with van der Waals surface area (Å²) in [5, 5.41) is 9.18. The molecular formula is C9H16N4O4. The van der Waals surface area contributed by atoms with Gasteiger partial charge in [0.05, 0.1) is 12.6 Å². The highest BCUT2D eigenvalue weighted by molar-refractivity contribution is 5.73. The maximum absolute atomic E-state index is 11.0. The molecule has 0 saturated carbocycles. The van der Waals surface area contributed by atoms with Crippen LogP contribution >= 0.6 is 0 Å². The average Bonchev–Trinajstić information content (AvgIpc) is 2.22. The van der Waals surface area contributed by atoms with Crippen molar-refractivity contribution in [2.75, 3.05) is 6.54 Å². The number of hydrogen-bond donors (Lipinski definition) is 1. The molecule has 0 aliphatic carbocycles. The molecule has 0 aromatic heterocycles. The van der Waals surface area contributed by atoms with Gasteiger partial charge in [-0.2, -0.15) is 5.11 Å². The number of nitrogens with one attached hydrogen (secondary N) is 1. The molecule has 0 aromatic carbocycles. The van der Waals surface area contributed by atoms with Gasteiger partial charge in [0.25, 0.3) is 0 Å². The molecule has 0 rings (SSSR count). The third-order valence-electron chi connectivity index (χ3n) is 1.50. The molecule has 0 aromatic rings. The van der Waals surface area contributed by atoms with Gasteiger partial charge in [-0.05, 0) is 20.8 Å². The molecule has 1 N–H and O–H groups in total. The fourth-order valence-electron chi connectivity index (χ4n) is 0.808. The van der Waals surface area contributed by atoms with Crippen LogP contribution in [0.5, 0.6) is 0 Å². The standard InChI is InChI=1S/C9H16N4O4/c1-6(2)16-8(14)12-13-9(15)17-7(3)4-5-11-10/h6-7,10H,4-5H2,1-3H3/b11-10?,13-12+. The van der Waals surface area contributed by atoms with Gasteiger partial charge in [0.2, 0.25) is 0 Å². The van der Waals surface area contributed by atoms with E-state index < -0.39 is 18.3 Å². The monoisotopic (exact) mass is 244 g/mol. The molecule has 2 amide bonds. The van der Waals surface area contributed by atoms with Gasteiger partial charge >= 0.3 is 12.2 Å². The van der Waals surface area contributed by atoms with Crippen molar-refractivity contribution in [1.82, 2.24) is 0 Å². The van der Waals surface area contributed by atoms with Crippen molar-refractivity contribution in [3.63, 3.8) is 0 Å². The van der Waals surface area contributed by atoms with Crippen LogP contribution in [0.1, 0.15) is 27.2 Å². The molecule has 0 spiro atoms. The van der Waals surface area contributed by atoms with E-state index in [-0.39, 0.29) is 12.6 Å². The number of azo groups is 1. The van der Waals surface area contributed by atoms with Gasteiger partial charge < -0.3 is 9.47 Å². The van der Waals surface area contributed by atoms with E-state index in [9.17, 15) is 9.59 Å². The molecule has 0 saturated heterocycles. The number of carbonyl (C=O) groups is 2. The summed E-state index contributed by atoms with van der Waals surface area (Å²) in [6.45, 7) is 5.20. The lowest BCUT2D eigenvalue weighted by Crippen LogP contribution is -2.13. The Kier molecular flexibility index (Phi) is 7.40. The van der Waals surface area contributed by atoms with Crippen molar-refractivity contribution >= 4 is 12.2 Å². The summed E-state index contributed by atoms with van der Waals surface area (Å²) in [5.74, 6) is 0. The fourth-order valence-corrected chi connectivity index (χ4v) is 0.808. The second kappa shape index (κ2) is 8.31. The molecule has 1 atom stereocenters. The Morgan fingerprint density at radius 3 is 2.12 bits per heavy atom. The Hall–Kier alpha value is -1.86. The van der Waals surface area contributed by atoms with Crippen LogP contribution in [0.15, 0.2) is 15.3 Å². The Labute approximate surface area is 98.9 Å². The Morgan fingerprint density at radius 2 is 1.65 bits per heavy atom. The minimum Gasteiger partial charge on any atom is -0.444 e. The Bertz CT molecular complexity index is 303. The first-order valence-corrected chi connectivity index (χ1v) is 5.12. The molecule has 0 aliphatic heterocycles. The first-order chi connectivity index (χ1) is 7.95. The van der Waals surface area contributed by atoms with Crippen LogP contribution in [-0.2, 0) is 9.47 Å². The number of amides is 2. The molecule has 17 heavy (non-hydrogen) atoms. The molecule has 0 heterocycles. The lowest BCUT2D eigenvalue weighted by molar-refractivity contribution is 0.107. The predicted octanol–water partition coefficient (Wildman–Crippen LogP) is 2.93. The van der Waals surface area contributed by atoms with E-state index in [2.05, 4.69) is 20.1 Å². The quantitative estimate of drug-likeness (QED) is 0.748. The molecule has 0 aliphatic rings. The van der Waals surface area contributed by atoms with Crippen molar-refractivity contribution in [1.29, 1.82) is 5.53 Å². The van der Waals surface area contributed by atoms with E-state index in [1.807, 2.05) is 0 Å². The van der Waals surface area contributed by atoms with E-state index >= 15 is 0 Å². The van der Waals surface area contributed by atoms with Gasteiger partial charge in [0, 0.05) is 6.42 Å². The van der Waals surface area contributed by atoms with Crippen LogP contribution in [0.3, 0.4) is 0 Å². The van der Waals surface area contributed by atoms with Gasteiger partial charge in [0.15, 0.2) is 0 Å². The van der Waals surface area contributed by atoms with Crippen LogP contribution in [0.25, 0.3) is 0 Å². The predicted molar refractivity (Wildman–Crippen MR) is 57.0 cm³/mol. The van der Waals surface area contributed by atoms with Crippen LogP contribution in [-0.4, -0.2) is 30.9 Å². The summed E-state index contributed by atoms with van der Waals surface area (Å²) in [5.41, 5.74) is 6.56. The smallest absolute Gasteiger partial charge is 0.444 e. The number of hydrogen-bond acceptors (Lipinski definition) is 6. The van der Waals surface area contributed by atoms with Gasteiger partial charge in [-0.1, -0.05) is 10.2 Å². The summed E-state index contributed by atoms with van der Waals surface area (Å²) in [6.07, 6.45) is -2.25. The summed E-state index contributed by atoms with van der Waals surface area (Å²) in [4.78, 5) is 21.9. The molecule has 0 bridgehead atoms. The first kappa shape index (κ1) is 15.1. The van der Waals surface area contributed by atoms with Gasteiger partial charge in [-0.15, -0.1) is 0 Å². The molecule has 0 radical (unpaired) electrons. The van der Waals surface area contributed by atoms with Crippen molar-refractivity contribution < 1.29 is 19.1 Å². The van der Waals surface area contributed by atoms with Gasteiger partial charge in [0.1, 0.15) is 6.10 Å². The van der Waals surface area contributed by atoms with Crippen molar-refractivity contribution in [2.45, 2.75) is 39.4 Å². The zero-order valence-corrected chi connectivity index (χ0v) is 10.0. The highest BCUT2D eigenvalue weighted by Crippen LogP contribution is 2.01. The average molecular weight is 244 g/mol. The normalized spacial score (nSPS) is 12.5. The Morgan fingerprint density at radius 1 is 1.12 bits per heavy atom. The van der Waals surface area contributed by atoms with Crippen LogP contribution in [0.2, 0.25) is 0 Å². The maximum atomic E-state index is 11.0. The first-order valence-electron chi connectivity index (χ1n) is 5.12. The number of rotatable bonds is 5. The maximum Gasteiger partial charge on any atom is 0.452 e. The van der Waals surface area contributed by atoms with E-state index in [0.717, 1.165) is 0 Å². The number of carbonyl (C=O) groups excluding carboxylic acids is 2. The highest BCUT2D eigenvalue weighted by atomic mass is 16.6. The minimum atomic E-state index is -0.969. The second-order valence-corrected chi connectivity index (χ2v) is 3.50. The van der Waals surface area contributed by atoms with Crippen molar-refractivity contribution in [3.05, 3.63) is 0 Å². The summed E-state index contributed by atoms with van der Waals surface area (Å²) < 4.78 is 9.38. The summed E-state index contributed by atoms with van der Waals surface area (Å²) >= 11 is 0. The zero-order valence-electron chi connectivity index (χ0n) is 10.0. The largest absolute Gasteiger partial charge is 0.452 e. The lowest BCUT2D eigenvalue weighted by atomic mass is 10.3. The van der Waals surface area contributed by atoms with Gasteiger partial charge in [-0.3, -0.25) is 0 Å². The number of ether oxygens (including phenoxy) is 2. The van der Waals surface area contributed by atoms with Crippen LogP contribution in [0, 0.1) is 5.53 Å². The van der Waals surface area contributed by atoms with Crippen LogP contribution < -0.4 is 0 Å². The topological polar surface area (TPSA) is 114 Å².